The first-order chi connectivity index (χ1) is 14.7. The van der Waals surface area contributed by atoms with E-state index in [9.17, 15) is 9.59 Å². The van der Waals surface area contributed by atoms with Gasteiger partial charge in [-0.25, -0.2) is 4.98 Å². The lowest BCUT2D eigenvalue weighted by molar-refractivity contribution is -0.121. The third-order valence-electron chi connectivity index (χ3n) is 4.89. The van der Waals surface area contributed by atoms with Gasteiger partial charge in [0.1, 0.15) is 5.82 Å². The fraction of sp³-hybridized carbons (Fsp3) is 0.417. The van der Waals surface area contributed by atoms with Crippen LogP contribution in [0.25, 0.3) is 0 Å². The lowest BCUT2D eigenvalue weighted by Gasteiger charge is -2.24. The number of hydrogen-bond acceptors (Lipinski definition) is 6. The van der Waals surface area contributed by atoms with Crippen LogP contribution < -0.4 is 15.0 Å². The summed E-state index contributed by atoms with van der Waals surface area (Å²) in [5.74, 6) is 0.765. The first-order valence-electron chi connectivity index (χ1n) is 10.6. The average molecular weight is 425 g/mol. The average Bonchev–Trinajstić information content (AvgIpc) is 2.76. The van der Waals surface area contributed by atoms with Gasteiger partial charge in [-0.2, -0.15) is 0 Å². The lowest BCUT2D eigenvalue weighted by atomic mass is 10.1. The molecular weight excluding hydrogens is 392 g/mol. The summed E-state index contributed by atoms with van der Waals surface area (Å²) < 4.78 is 5.55. The zero-order valence-electron chi connectivity index (χ0n) is 19.2. The molecule has 2 N–H and O–H groups in total. The van der Waals surface area contributed by atoms with Crippen LogP contribution in [0, 0.1) is 11.3 Å². The third-order valence-corrected chi connectivity index (χ3v) is 4.89. The van der Waals surface area contributed by atoms with Gasteiger partial charge in [-0.05, 0) is 25.5 Å². The molecule has 0 radical (unpaired) electrons. The molecule has 0 aliphatic rings. The summed E-state index contributed by atoms with van der Waals surface area (Å²) in [5.41, 5.74) is 2.66. The number of nitrogens with zero attached hydrogens (tertiary/aromatic N) is 2. The summed E-state index contributed by atoms with van der Waals surface area (Å²) in [4.78, 5) is 31.4. The summed E-state index contributed by atoms with van der Waals surface area (Å²) in [5, 5.41) is 11.3. The van der Waals surface area contributed by atoms with Crippen molar-refractivity contribution >= 4 is 34.6 Å². The Morgan fingerprint density at radius 1 is 1.19 bits per heavy atom. The summed E-state index contributed by atoms with van der Waals surface area (Å²) in [7, 11) is 1.55. The first-order valence-corrected chi connectivity index (χ1v) is 10.6. The minimum Gasteiger partial charge on any atom is -0.494 e. The standard InChI is InChI=1S/C24H32N4O3/c1-7-12-28(24(30)15(3)4)22-13-20(18(14-26-22)21(29)8-2)27-19-11-9-10-17(16(5)25)23(19)31-6/h9-11,13-15,25H,7-8,12H2,1-6H3,(H,26,27). The van der Waals surface area contributed by atoms with Gasteiger partial charge in [0, 0.05) is 42.4 Å². The summed E-state index contributed by atoms with van der Waals surface area (Å²) in [6.45, 7) is 9.75. The van der Waals surface area contributed by atoms with E-state index in [1.165, 1.54) is 6.20 Å². The number of carbonyl (C=O) groups excluding carboxylic acids is 2. The van der Waals surface area contributed by atoms with Crippen molar-refractivity contribution < 1.29 is 14.3 Å². The van der Waals surface area contributed by atoms with E-state index in [1.807, 2.05) is 39.0 Å². The predicted molar refractivity (Wildman–Crippen MR) is 125 cm³/mol. The van der Waals surface area contributed by atoms with E-state index < -0.39 is 0 Å². The fourth-order valence-electron chi connectivity index (χ4n) is 3.28. The van der Waals surface area contributed by atoms with Gasteiger partial charge >= 0.3 is 0 Å². The van der Waals surface area contributed by atoms with Crippen LogP contribution in [0.5, 0.6) is 5.75 Å². The highest BCUT2D eigenvalue weighted by atomic mass is 16.5. The highest BCUT2D eigenvalue weighted by Gasteiger charge is 2.22. The molecule has 2 rings (SSSR count). The zero-order valence-corrected chi connectivity index (χ0v) is 19.2. The molecular formula is C24H32N4O3. The number of ketones is 1. The molecule has 1 aromatic carbocycles. The van der Waals surface area contributed by atoms with E-state index in [0.717, 1.165) is 6.42 Å². The van der Waals surface area contributed by atoms with Crippen LogP contribution in [0.3, 0.4) is 0 Å². The zero-order chi connectivity index (χ0) is 23.1. The van der Waals surface area contributed by atoms with Crippen molar-refractivity contribution in [2.45, 2.75) is 47.5 Å². The summed E-state index contributed by atoms with van der Waals surface area (Å²) in [6, 6.07) is 7.21. The molecule has 1 heterocycles. The molecule has 0 aliphatic carbocycles. The number of amides is 1. The van der Waals surface area contributed by atoms with Crippen molar-refractivity contribution in [3.8, 4) is 5.75 Å². The van der Waals surface area contributed by atoms with Crippen LogP contribution in [0.2, 0.25) is 0 Å². The second kappa shape index (κ2) is 10.7. The van der Waals surface area contributed by atoms with Crippen molar-refractivity contribution in [2.75, 3.05) is 23.9 Å². The van der Waals surface area contributed by atoms with E-state index in [4.69, 9.17) is 10.1 Å². The van der Waals surface area contributed by atoms with Crippen LogP contribution in [-0.4, -0.2) is 36.0 Å². The predicted octanol–water partition coefficient (Wildman–Crippen LogP) is 5.21. The van der Waals surface area contributed by atoms with Crippen molar-refractivity contribution in [3.63, 3.8) is 0 Å². The number of rotatable bonds is 10. The van der Waals surface area contributed by atoms with Crippen LogP contribution >= 0.6 is 0 Å². The van der Waals surface area contributed by atoms with Gasteiger partial charge in [-0.1, -0.05) is 33.8 Å². The molecule has 166 valence electrons. The van der Waals surface area contributed by atoms with Crippen LogP contribution in [0.15, 0.2) is 30.5 Å². The Balaban J connectivity index is 2.61. The molecule has 31 heavy (non-hydrogen) atoms. The van der Waals surface area contributed by atoms with Gasteiger partial charge in [0.15, 0.2) is 11.5 Å². The Morgan fingerprint density at radius 3 is 2.45 bits per heavy atom. The normalized spacial score (nSPS) is 10.7. The molecule has 2 aromatic rings. The highest BCUT2D eigenvalue weighted by Crippen LogP contribution is 2.34. The number of ether oxygens (including phenoxy) is 1. The summed E-state index contributed by atoms with van der Waals surface area (Å²) in [6.07, 6.45) is 2.64. The molecule has 0 fully saturated rings. The maximum atomic E-state index is 12.8. The second-order valence-corrected chi connectivity index (χ2v) is 7.65. The quantitative estimate of drug-likeness (QED) is 0.403. The van der Waals surface area contributed by atoms with Crippen LogP contribution in [0.1, 0.15) is 63.4 Å². The van der Waals surface area contributed by atoms with E-state index in [0.29, 0.717) is 52.7 Å². The number of benzene rings is 1. The van der Waals surface area contributed by atoms with Gasteiger partial charge < -0.3 is 15.5 Å². The Labute approximate surface area is 184 Å². The Kier molecular flexibility index (Phi) is 8.30. The molecule has 0 saturated carbocycles. The Bertz CT molecular complexity index is 969. The van der Waals surface area contributed by atoms with Gasteiger partial charge in [0.2, 0.25) is 5.91 Å². The molecule has 7 nitrogen and oxygen atoms in total. The topological polar surface area (TPSA) is 95.4 Å². The molecule has 0 atom stereocenters. The Morgan fingerprint density at radius 2 is 1.90 bits per heavy atom. The monoisotopic (exact) mass is 424 g/mol. The van der Waals surface area contributed by atoms with Gasteiger partial charge in [-0.3, -0.25) is 14.5 Å². The molecule has 0 aliphatic heterocycles. The number of Topliss-reactive ketones (excluding diaryl/α,β-unsaturated/α-hetero) is 1. The highest BCUT2D eigenvalue weighted by molar-refractivity contribution is 6.04. The van der Waals surface area contributed by atoms with E-state index in [-0.39, 0.29) is 17.6 Å². The van der Waals surface area contributed by atoms with Gasteiger partial charge in [0.05, 0.1) is 24.0 Å². The summed E-state index contributed by atoms with van der Waals surface area (Å²) >= 11 is 0. The smallest absolute Gasteiger partial charge is 0.230 e. The number of anilines is 3. The third kappa shape index (κ3) is 5.48. The number of para-hydroxylation sites is 1. The fourth-order valence-corrected chi connectivity index (χ4v) is 3.28. The number of aromatic nitrogens is 1. The van der Waals surface area contributed by atoms with Gasteiger partial charge in [-0.15, -0.1) is 0 Å². The van der Waals surface area contributed by atoms with E-state index in [1.54, 1.807) is 31.9 Å². The number of nitrogens with one attached hydrogen (secondary N) is 2. The van der Waals surface area contributed by atoms with Gasteiger partial charge in [0.25, 0.3) is 0 Å². The molecule has 0 spiro atoms. The van der Waals surface area contributed by atoms with Crippen LogP contribution in [-0.2, 0) is 4.79 Å². The minimum atomic E-state index is -0.172. The molecule has 0 bridgehead atoms. The Hall–Kier alpha value is -3.22. The largest absolute Gasteiger partial charge is 0.494 e. The van der Waals surface area contributed by atoms with Crippen molar-refractivity contribution in [1.82, 2.24) is 4.98 Å². The first kappa shape index (κ1) is 24.1. The number of carbonyl (C=O) groups is 2. The van der Waals surface area contributed by atoms with E-state index in [2.05, 4.69) is 10.3 Å². The molecule has 0 saturated heterocycles. The number of hydrogen-bond donors (Lipinski definition) is 2. The van der Waals surface area contributed by atoms with Crippen LogP contribution in [0.4, 0.5) is 17.2 Å². The van der Waals surface area contributed by atoms with E-state index >= 15 is 0 Å². The number of pyridine rings is 1. The molecule has 7 heteroatoms. The lowest BCUT2D eigenvalue weighted by Crippen LogP contribution is -2.35. The maximum absolute atomic E-state index is 12.8. The van der Waals surface area contributed by atoms with Crippen molar-refractivity contribution in [2.24, 2.45) is 5.92 Å². The molecule has 1 aromatic heterocycles. The molecule has 1 amide bonds. The minimum absolute atomic E-state index is 0.0196. The second-order valence-electron chi connectivity index (χ2n) is 7.65. The maximum Gasteiger partial charge on any atom is 0.230 e. The van der Waals surface area contributed by atoms with Crippen molar-refractivity contribution in [1.29, 1.82) is 5.41 Å². The number of methoxy groups -OCH3 is 1. The molecule has 0 unspecified atom stereocenters. The SMILES string of the molecule is CCCN(C(=O)C(C)C)c1cc(Nc2cccc(C(C)=N)c2OC)c(C(=O)CC)cn1. The van der Waals surface area contributed by atoms with Crippen molar-refractivity contribution in [3.05, 3.63) is 41.6 Å².